The van der Waals surface area contributed by atoms with Gasteiger partial charge >= 0.3 is 0 Å². The Balaban J connectivity index is 1.87. The second kappa shape index (κ2) is 5.37. The van der Waals surface area contributed by atoms with Crippen molar-refractivity contribution in [2.75, 3.05) is 0 Å². The minimum absolute atomic E-state index is 0.176. The monoisotopic (exact) mass is 269 g/mol. The molecular weight excluding hydrogens is 249 g/mol. The lowest BCUT2D eigenvalue weighted by molar-refractivity contribution is 0.628. The highest BCUT2D eigenvalue weighted by atomic mass is 19.1. The molecular formula is C18H20FN. The molecule has 1 saturated carbocycles. The van der Waals surface area contributed by atoms with Crippen molar-refractivity contribution in [3.8, 4) is 11.1 Å². The van der Waals surface area contributed by atoms with Crippen LogP contribution in [0, 0.1) is 19.7 Å². The summed E-state index contributed by atoms with van der Waals surface area (Å²) in [5, 5.41) is 3.52. The Morgan fingerprint density at radius 2 is 1.80 bits per heavy atom. The van der Waals surface area contributed by atoms with Crippen molar-refractivity contribution in [2.24, 2.45) is 0 Å². The van der Waals surface area contributed by atoms with E-state index in [2.05, 4.69) is 30.4 Å². The molecule has 20 heavy (non-hydrogen) atoms. The van der Waals surface area contributed by atoms with E-state index in [1.54, 1.807) is 6.07 Å². The fourth-order valence-corrected chi connectivity index (χ4v) is 2.57. The quantitative estimate of drug-likeness (QED) is 0.869. The van der Waals surface area contributed by atoms with E-state index in [1.165, 1.54) is 30.0 Å². The van der Waals surface area contributed by atoms with Gasteiger partial charge in [0, 0.05) is 12.6 Å². The van der Waals surface area contributed by atoms with Gasteiger partial charge in [0.1, 0.15) is 5.82 Å². The molecule has 0 amide bonds. The van der Waals surface area contributed by atoms with Crippen molar-refractivity contribution < 1.29 is 4.39 Å². The maximum atomic E-state index is 13.5. The number of nitrogens with one attached hydrogen (secondary N) is 1. The van der Waals surface area contributed by atoms with Crippen LogP contribution in [0.15, 0.2) is 36.4 Å². The third-order valence-corrected chi connectivity index (χ3v) is 3.95. The van der Waals surface area contributed by atoms with Gasteiger partial charge in [-0.05, 0) is 66.6 Å². The van der Waals surface area contributed by atoms with E-state index < -0.39 is 0 Å². The van der Waals surface area contributed by atoms with E-state index in [0.29, 0.717) is 0 Å². The topological polar surface area (TPSA) is 12.0 Å². The summed E-state index contributed by atoms with van der Waals surface area (Å²) >= 11 is 0. The molecule has 1 nitrogen and oxygen atoms in total. The van der Waals surface area contributed by atoms with E-state index in [9.17, 15) is 4.39 Å². The first-order chi connectivity index (χ1) is 9.63. The lowest BCUT2D eigenvalue weighted by Crippen LogP contribution is -2.15. The Morgan fingerprint density at radius 3 is 2.50 bits per heavy atom. The summed E-state index contributed by atoms with van der Waals surface area (Å²) in [5.74, 6) is -0.176. The predicted octanol–water partition coefficient (Wildman–Crippen LogP) is 4.36. The highest BCUT2D eigenvalue weighted by Crippen LogP contribution is 2.28. The molecule has 0 radical (unpaired) electrons. The molecule has 104 valence electrons. The van der Waals surface area contributed by atoms with Gasteiger partial charge < -0.3 is 5.32 Å². The lowest BCUT2D eigenvalue weighted by atomic mass is 9.95. The molecule has 0 atom stereocenters. The van der Waals surface area contributed by atoms with Gasteiger partial charge in [-0.2, -0.15) is 0 Å². The highest BCUT2D eigenvalue weighted by molar-refractivity contribution is 5.70. The summed E-state index contributed by atoms with van der Waals surface area (Å²) in [6, 6.07) is 12.2. The molecule has 2 aromatic rings. The second-order valence-corrected chi connectivity index (χ2v) is 5.76. The van der Waals surface area contributed by atoms with Crippen molar-refractivity contribution in [2.45, 2.75) is 39.3 Å². The second-order valence-electron chi connectivity index (χ2n) is 5.76. The maximum absolute atomic E-state index is 13.5. The molecule has 0 saturated heterocycles. The van der Waals surface area contributed by atoms with E-state index in [-0.39, 0.29) is 5.82 Å². The Hall–Kier alpha value is -1.67. The summed E-state index contributed by atoms with van der Waals surface area (Å²) in [6.45, 7) is 5.05. The molecule has 1 fully saturated rings. The molecule has 0 aliphatic heterocycles. The fraction of sp³-hybridized carbons (Fsp3) is 0.333. The fourth-order valence-electron chi connectivity index (χ4n) is 2.57. The molecule has 0 spiro atoms. The van der Waals surface area contributed by atoms with Gasteiger partial charge in [0.05, 0.1) is 0 Å². The zero-order valence-electron chi connectivity index (χ0n) is 12.0. The molecule has 0 aromatic heterocycles. The summed E-state index contributed by atoms with van der Waals surface area (Å²) in [5.41, 5.74) is 5.72. The van der Waals surface area contributed by atoms with Crippen LogP contribution in [0.25, 0.3) is 11.1 Å². The molecule has 1 N–H and O–H groups in total. The lowest BCUT2D eigenvalue weighted by Gasteiger charge is -2.12. The molecule has 0 unspecified atom stereocenters. The van der Waals surface area contributed by atoms with E-state index in [1.807, 2.05) is 13.0 Å². The van der Waals surface area contributed by atoms with Gasteiger partial charge in [-0.25, -0.2) is 4.39 Å². The molecule has 2 aromatic carbocycles. The predicted molar refractivity (Wildman–Crippen MR) is 81.2 cm³/mol. The Labute approximate surface area is 119 Å². The minimum Gasteiger partial charge on any atom is -0.310 e. The SMILES string of the molecule is Cc1cc(CNC2CC2)ccc1-c1cc(F)ccc1C. The van der Waals surface area contributed by atoms with Gasteiger partial charge in [-0.15, -0.1) is 0 Å². The first-order valence-electron chi connectivity index (χ1n) is 7.23. The largest absolute Gasteiger partial charge is 0.310 e. The van der Waals surface area contributed by atoms with Gasteiger partial charge in [0.15, 0.2) is 0 Å². The van der Waals surface area contributed by atoms with E-state index >= 15 is 0 Å². The molecule has 1 aliphatic rings. The number of aryl methyl sites for hydroxylation is 2. The van der Waals surface area contributed by atoms with Crippen molar-refractivity contribution in [1.82, 2.24) is 5.32 Å². The third-order valence-electron chi connectivity index (χ3n) is 3.95. The number of halogens is 1. The van der Waals surface area contributed by atoms with Crippen LogP contribution in [0.1, 0.15) is 29.5 Å². The van der Waals surface area contributed by atoms with Crippen molar-refractivity contribution in [1.29, 1.82) is 0 Å². The Bertz CT molecular complexity index is 629. The number of rotatable bonds is 4. The standard InChI is InChI=1S/C18H20FN/c1-12-3-5-15(19)10-18(12)17-8-4-14(9-13(17)2)11-20-16-6-7-16/h3-5,8-10,16,20H,6-7,11H2,1-2H3. The maximum Gasteiger partial charge on any atom is 0.123 e. The summed E-state index contributed by atoms with van der Waals surface area (Å²) in [6.07, 6.45) is 2.61. The van der Waals surface area contributed by atoms with Crippen molar-refractivity contribution >= 4 is 0 Å². The van der Waals surface area contributed by atoms with Crippen LogP contribution in [-0.4, -0.2) is 6.04 Å². The summed E-state index contributed by atoms with van der Waals surface area (Å²) < 4.78 is 13.5. The van der Waals surface area contributed by atoms with Crippen molar-refractivity contribution in [3.05, 3.63) is 58.9 Å². The van der Waals surface area contributed by atoms with Gasteiger partial charge in [-0.3, -0.25) is 0 Å². The first kappa shape index (κ1) is 13.3. The molecule has 0 bridgehead atoms. The summed E-state index contributed by atoms with van der Waals surface area (Å²) in [4.78, 5) is 0. The minimum atomic E-state index is -0.176. The van der Waals surface area contributed by atoms with E-state index in [4.69, 9.17) is 0 Å². The van der Waals surface area contributed by atoms with Gasteiger partial charge in [-0.1, -0.05) is 24.3 Å². The van der Waals surface area contributed by atoms with E-state index in [0.717, 1.165) is 29.3 Å². The van der Waals surface area contributed by atoms with Crippen molar-refractivity contribution in [3.63, 3.8) is 0 Å². The zero-order chi connectivity index (χ0) is 14.1. The van der Waals surface area contributed by atoms with Crippen LogP contribution in [0.4, 0.5) is 4.39 Å². The average molecular weight is 269 g/mol. The zero-order valence-corrected chi connectivity index (χ0v) is 12.0. The van der Waals surface area contributed by atoms with Crippen LogP contribution in [0.3, 0.4) is 0 Å². The molecule has 0 heterocycles. The molecule has 2 heteroatoms. The van der Waals surface area contributed by atoms with Crippen LogP contribution in [-0.2, 0) is 6.54 Å². The molecule has 3 rings (SSSR count). The third kappa shape index (κ3) is 2.91. The summed E-state index contributed by atoms with van der Waals surface area (Å²) in [7, 11) is 0. The van der Waals surface area contributed by atoms with Crippen LogP contribution in [0.5, 0.6) is 0 Å². The highest BCUT2D eigenvalue weighted by Gasteiger charge is 2.20. The van der Waals surface area contributed by atoms with Gasteiger partial charge in [0.25, 0.3) is 0 Å². The number of hydrogen-bond acceptors (Lipinski definition) is 1. The molecule has 1 aliphatic carbocycles. The van der Waals surface area contributed by atoms with Gasteiger partial charge in [0.2, 0.25) is 0 Å². The Morgan fingerprint density at radius 1 is 1.00 bits per heavy atom. The average Bonchev–Trinajstić information content (AvgIpc) is 3.24. The number of benzene rings is 2. The number of hydrogen-bond donors (Lipinski definition) is 1. The smallest absolute Gasteiger partial charge is 0.123 e. The first-order valence-corrected chi connectivity index (χ1v) is 7.23. The van der Waals surface area contributed by atoms with Crippen LogP contribution >= 0.6 is 0 Å². The normalized spacial score (nSPS) is 14.6. The van der Waals surface area contributed by atoms with Crippen LogP contribution in [0.2, 0.25) is 0 Å². The van der Waals surface area contributed by atoms with Crippen LogP contribution < -0.4 is 5.32 Å². The Kier molecular flexibility index (Phi) is 3.58.